The van der Waals surface area contributed by atoms with Gasteiger partial charge in [0.05, 0.1) is 18.6 Å². The number of carbonyl (C=O) groups is 1. The fraction of sp³-hybridized carbons (Fsp3) is 0.368. The molecule has 0 saturated carbocycles. The highest BCUT2D eigenvalue weighted by Crippen LogP contribution is 2.33. The molecule has 1 heterocycles. The number of nitrogens with zero attached hydrogens (tertiary/aromatic N) is 1. The SMILES string of the molecule is CCNCc1cc(C(F)(F)F)ccc1-c1cncc(CC(=O)OCC)c1. The number of halogens is 3. The van der Waals surface area contributed by atoms with Crippen molar-refractivity contribution in [2.24, 2.45) is 0 Å². The van der Waals surface area contributed by atoms with Crippen LogP contribution in [-0.2, 0) is 28.7 Å². The molecule has 2 rings (SSSR count). The minimum atomic E-state index is -4.40. The van der Waals surface area contributed by atoms with Gasteiger partial charge in [0, 0.05) is 24.5 Å². The van der Waals surface area contributed by atoms with E-state index in [0.717, 1.165) is 12.1 Å². The van der Waals surface area contributed by atoms with E-state index in [-0.39, 0.29) is 19.0 Å². The summed E-state index contributed by atoms with van der Waals surface area (Å²) in [7, 11) is 0. The quantitative estimate of drug-likeness (QED) is 0.753. The van der Waals surface area contributed by atoms with Gasteiger partial charge in [-0.25, -0.2) is 0 Å². The monoisotopic (exact) mass is 366 g/mol. The number of nitrogens with one attached hydrogen (secondary N) is 1. The van der Waals surface area contributed by atoms with Crippen molar-refractivity contribution in [3.05, 3.63) is 53.3 Å². The normalized spacial score (nSPS) is 11.4. The first-order valence-corrected chi connectivity index (χ1v) is 8.35. The first kappa shape index (κ1) is 19.9. The highest BCUT2D eigenvalue weighted by Gasteiger charge is 2.31. The summed E-state index contributed by atoms with van der Waals surface area (Å²) in [4.78, 5) is 15.8. The number of ether oxygens (including phenoxy) is 1. The van der Waals surface area contributed by atoms with Gasteiger partial charge in [-0.2, -0.15) is 13.2 Å². The molecule has 0 spiro atoms. The van der Waals surface area contributed by atoms with Crippen LogP contribution in [0.4, 0.5) is 13.2 Å². The van der Waals surface area contributed by atoms with E-state index in [9.17, 15) is 18.0 Å². The van der Waals surface area contributed by atoms with Gasteiger partial charge in [-0.15, -0.1) is 0 Å². The predicted molar refractivity (Wildman–Crippen MR) is 92.4 cm³/mol. The summed E-state index contributed by atoms with van der Waals surface area (Å²) < 4.78 is 44.0. The van der Waals surface area contributed by atoms with Crippen LogP contribution in [0.3, 0.4) is 0 Å². The van der Waals surface area contributed by atoms with Crippen molar-refractivity contribution in [3.8, 4) is 11.1 Å². The van der Waals surface area contributed by atoms with Crippen molar-refractivity contribution in [1.82, 2.24) is 10.3 Å². The van der Waals surface area contributed by atoms with Crippen LogP contribution in [0.1, 0.15) is 30.5 Å². The smallest absolute Gasteiger partial charge is 0.416 e. The van der Waals surface area contributed by atoms with Gasteiger partial charge in [-0.1, -0.05) is 13.0 Å². The Balaban J connectivity index is 2.38. The van der Waals surface area contributed by atoms with Gasteiger partial charge in [0.15, 0.2) is 0 Å². The number of carbonyl (C=O) groups excluding carboxylic acids is 1. The Bertz CT molecular complexity index is 761. The molecule has 0 atom stereocenters. The molecule has 0 fully saturated rings. The average Bonchev–Trinajstić information content (AvgIpc) is 2.59. The summed E-state index contributed by atoms with van der Waals surface area (Å²) in [5.74, 6) is -0.369. The van der Waals surface area contributed by atoms with E-state index in [1.165, 1.54) is 6.07 Å². The largest absolute Gasteiger partial charge is 0.466 e. The van der Waals surface area contributed by atoms with E-state index in [0.29, 0.717) is 35.3 Å². The van der Waals surface area contributed by atoms with Crippen LogP contribution >= 0.6 is 0 Å². The number of rotatable bonds is 7. The lowest BCUT2D eigenvalue weighted by atomic mass is 9.97. The molecule has 0 aliphatic rings. The lowest BCUT2D eigenvalue weighted by molar-refractivity contribution is -0.142. The minimum absolute atomic E-state index is 0.0673. The fourth-order valence-electron chi connectivity index (χ4n) is 2.57. The molecule has 4 nitrogen and oxygen atoms in total. The second-order valence-electron chi connectivity index (χ2n) is 5.71. The summed E-state index contributed by atoms with van der Waals surface area (Å²) in [6, 6.07) is 5.40. The Hall–Kier alpha value is -2.41. The zero-order chi connectivity index (χ0) is 19.2. The van der Waals surface area contributed by atoms with E-state index in [4.69, 9.17) is 4.74 Å². The standard InChI is InChI=1S/C19H21F3N2O2/c1-3-23-11-15-9-16(19(20,21)22)5-6-17(15)14-7-13(10-24-12-14)8-18(25)26-4-2/h5-7,9-10,12,23H,3-4,8,11H2,1-2H3. The summed E-state index contributed by atoms with van der Waals surface area (Å²) in [6.07, 6.45) is -1.21. The first-order chi connectivity index (χ1) is 12.3. The van der Waals surface area contributed by atoms with Crippen LogP contribution in [0.15, 0.2) is 36.7 Å². The molecule has 1 N–H and O–H groups in total. The van der Waals surface area contributed by atoms with E-state index in [1.54, 1.807) is 25.4 Å². The summed E-state index contributed by atoms with van der Waals surface area (Å²) in [5, 5.41) is 3.06. The topological polar surface area (TPSA) is 51.2 Å². The lowest BCUT2D eigenvalue weighted by Gasteiger charge is -2.15. The van der Waals surface area contributed by atoms with Gasteiger partial charge in [0.25, 0.3) is 0 Å². The maximum Gasteiger partial charge on any atom is 0.416 e. The predicted octanol–water partition coefficient (Wildman–Crippen LogP) is 3.98. The van der Waals surface area contributed by atoms with Crippen LogP contribution in [0, 0.1) is 0 Å². The van der Waals surface area contributed by atoms with Crippen molar-refractivity contribution < 1.29 is 22.7 Å². The number of aromatic nitrogens is 1. The maximum absolute atomic E-state index is 13.0. The Morgan fingerprint density at radius 1 is 1.19 bits per heavy atom. The van der Waals surface area contributed by atoms with E-state index in [1.807, 2.05) is 6.92 Å². The Labute approximate surface area is 150 Å². The molecule has 140 valence electrons. The Kier molecular flexibility index (Phi) is 6.74. The zero-order valence-electron chi connectivity index (χ0n) is 14.7. The Morgan fingerprint density at radius 2 is 1.96 bits per heavy atom. The maximum atomic E-state index is 13.0. The highest BCUT2D eigenvalue weighted by atomic mass is 19.4. The number of hydrogen-bond acceptors (Lipinski definition) is 4. The first-order valence-electron chi connectivity index (χ1n) is 8.35. The van der Waals surface area contributed by atoms with Crippen LogP contribution in [-0.4, -0.2) is 24.1 Å². The molecule has 1 aromatic carbocycles. The van der Waals surface area contributed by atoms with Gasteiger partial charge in [-0.3, -0.25) is 9.78 Å². The van der Waals surface area contributed by atoms with Crippen molar-refractivity contribution in [2.45, 2.75) is 33.0 Å². The van der Waals surface area contributed by atoms with Crippen molar-refractivity contribution in [1.29, 1.82) is 0 Å². The third-order valence-corrected chi connectivity index (χ3v) is 3.76. The third-order valence-electron chi connectivity index (χ3n) is 3.76. The summed E-state index contributed by atoms with van der Waals surface area (Å²) in [6.45, 7) is 4.84. The molecule has 2 aromatic rings. The van der Waals surface area contributed by atoms with Gasteiger partial charge in [-0.05, 0) is 48.4 Å². The van der Waals surface area contributed by atoms with Crippen molar-refractivity contribution >= 4 is 5.97 Å². The fourth-order valence-corrected chi connectivity index (χ4v) is 2.57. The average molecular weight is 366 g/mol. The van der Waals surface area contributed by atoms with Crippen LogP contribution in [0.25, 0.3) is 11.1 Å². The number of benzene rings is 1. The van der Waals surface area contributed by atoms with Crippen molar-refractivity contribution in [2.75, 3.05) is 13.2 Å². The molecular weight excluding hydrogens is 345 g/mol. The molecule has 0 saturated heterocycles. The molecule has 0 aliphatic carbocycles. The van der Waals surface area contributed by atoms with Gasteiger partial charge in [0.2, 0.25) is 0 Å². The molecule has 0 unspecified atom stereocenters. The second-order valence-corrected chi connectivity index (χ2v) is 5.71. The summed E-state index contributed by atoms with van der Waals surface area (Å²) in [5.41, 5.74) is 1.79. The van der Waals surface area contributed by atoms with E-state index in [2.05, 4.69) is 10.3 Å². The highest BCUT2D eigenvalue weighted by molar-refractivity contribution is 5.74. The molecule has 0 aliphatic heterocycles. The molecule has 7 heteroatoms. The molecule has 1 aromatic heterocycles. The molecule has 0 amide bonds. The van der Waals surface area contributed by atoms with Gasteiger partial charge >= 0.3 is 12.1 Å². The van der Waals surface area contributed by atoms with E-state index >= 15 is 0 Å². The second kappa shape index (κ2) is 8.80. The lowest BCUT2D eigenvalue weighted by Crippen LogP contribution is -2.14. The third kappa shape index (κ3) is 5.29. The number of alkyl halides is 3. The van der Waals surface area contributed by atoms with Crippen molar-refractivity contribution in [3.63, 3.8) is 0 Å². The molecule has 26 heavy (non-hydrogen) atoms. The zero-order valence-corrected chi connectivity index (χ0v) is 14.7. The number of esters is 1. The van der Waals surface area contributed by atoms with Crippen LogP contribution < -0.4 is 5.32 Å². The molecule has 0 radical (unpaired) electrons. The minimum Gasteiger partial charge on any atom is -0.466 e. The van der Waals surface area contributed by atoms with Crippen LogP contribution in [0.2, 0.25) is 0 Å². The van der Waals surface area contributed by atoms with Gasteiger partial charge < -0.3 is 10.1 Å². The molecular formula is C19H21F3N2O2. The summed E-state index contributed by atoms with van der Waals surface area (Å²) >= 11 is 0. The van der Waals surface area contributed by atoms with E-state index < -0.39 is 11.7 Å². The Morgan fingerprint density at radius 3 is 2.62 bits per heavy atom. The van der Waals surface area contributed by atoms with Crippen LogP contribution in [0.5, 0.6) is 0 Å². The van der Waals surface area contributed by atoms with Gasteiger partial charge in [0.1, 0.15) is 0 Å². The molecule has 0 bridgehead atoms. The number of hydrogen-bond donors (Lipinski definition) is 1. The number of pyridine rings is 1.